The highest BCUT2D eigenvalue weighted by molar-refractivity contribution is 5.82. The Morgan fingerprint density at radius 1 is 0.370 bits per heavy atom. The molecule has 0 aliphatic heterocycles. The fraction of sp³-hybridized carbons (Fsp3) is 0.818. The third-order valence-corrected chi connectivity index (χ3v) is 17.2. The van der Waals surface area contributed by atoms with Crippen molar-refractivity contribution in [3.8, 4) is 0 Å². The van der Waals surface area contributed by atoms with Crippen molar-refractivity contribution in [2.45, 2.75) is 385 Å². The van der Waals surface area contributed by atoms with Gasteiger partial charge in [0, 0.05) is 68.7 Å². The first-order valence-electron chi connectivity index (χ1n) is 39.2. The van der Waals surface area contributed by atoms with E-state index in [1.54, 1.807) is 0 Å². The standard InChI is InChI=1S/C16H31NO.2C15H27NO.C15H29NO.C14H27NO.C13H25NO/c1-15(2,3)11-13(10-9-12-7-8-12)14(18)17-16(4,5)6;1-6-7-8-12(10-13-9-11(13)2)14(17)16-15(3,4)5;1-5-6-10-13(11-12-8-7-9-12)14(17)16-15(2,3)4;1-8-9-10-12(11-14(2,3)4)13(17)16-15(5,6)7;1-8-9-10-11(13(2,3)4)12(16)15-14(5,6)7;1-7-8-9-11(10(2)3)12(15)14-13(4,5)6/h12-13H,7-11H2,1-6H3,(H,17,18);6-7,11-13H,8-10H2,1-5H3,(H,16,17);5-6,12-13H,7-11H2,1-4H3,(H,16,17);8-9,12H,10-11H2,1-7H3,(H,16,17);8-9,11H,10H2,1-7H3,(H,15,16);7-8,10-11H,9H2,1-6H3,(H,14,15)/b;7-6+;6-5+;2*9-8+;8-7+. The van der Waals surface area contributed by atoms with Crippen LogP contribution in [0, 0.1) is 81.3 Å². The van der Waals surface area contributed by atoms with Crippen LogP contribution in [0.5, 0.6) is 0 Å². The monoisotopic (exact) mass is 1400 g/mol. The molecule has 0 aromatic heterocycles. The summed E-state index contributed by atoms with van der Waals surface area (Å²) in [6.07, 6.45) is 39.1. The minimum atomic E-state index is -0.156. The predicted molar refractivity (Wildman–Crippen MR) is 434 cm³/mol. The molecule has 0 aromatic rings. The largest absolute Gasteiger partial charge is 0.351 e. The first-order valence-corrected chi connectivity index (χ1v) is 39.2. The predicted octanol–water partition coefficient (Wildman–Crippen LogP) is 21.9. The van der Waals surface area contributed by atoms with Gasteiger partial charge in [-0.2, -0.15) is 0 Å². The van der Waals surface area contributed by atoms with Gasteiger partial charge >= 0.3 is 0 Å². The first-order chi connectivity index (χ1) is 45.2. The van der Waals surface area contributed by atoms with Gasteiger partial charge in [0.15, 0.2) is 0 Å². The fourth-order valence-corrected chi connectivity index (χ4v) is 11.6. The van der Waals surface area contributed by atoms with Crippen molar-refractivity contribution in [2.24, 2.45) is 81.3 Å². The van der Waals surface area contributed by atoms with E-state index in [9.17, 15) is 28.8 Å². The van der Waals surface area contributed by atoms with Crippen molar-refractivity contribution in [3.63, 3.8) is 0 Å². The lowest BCUT2D eigenvalue weighted by atomic mass is 9.77. The normalized spacial score (nSPS) is 18.2. The Morgan fingerprint density at radius 2 is 0.670 bits per heavy atom. The summed E-state index contributed by atoms with van der Waals surface area (Å²) in [6.45, 7) is 72.6. The minimum Gasteiger partial charge on any atom is -0.351 e. The number of carbonyl (C=O) groups excluding carboxylic acids is 6. The number of hydrogen-bond acceptors (Lipinski definition) is 6. The van der Waals surface area contributed by atoms with Gasteiger partial charge in [0.25, 0.3) is 0 Å². The van der Waals surface area contributed by atoms with E-state index >= 15 is 0 Å². The SMILES string of the molecule is C/C=C/CC(C(=O)NC(C)(C)C)C(C)(C)C.C/C=C/CC(C(=O)NC(C)(C)C)C(C)C.C/C=C/CC(CC(C)(C)C)C(=O)NC(C)(C)C.C/C=C/CC(CC1CC1C)C(=O)NC(C)(C)C.C/C=C/CC(CC1CCC1)C(=O)NC(C)(C)C.CC(C)(C)CC(CCC1CC1)C(=O)NC(C)(C)C. The van der Waals surface area contributed by atoms with E-state index in [2.05, 4.69) is 166 Å². The Balaban J connectivity index is -0.00000113. The molecule has 12 heteroatoms. The van der Waals surface area contributed by atoms with E-state index < -0.39 is 0 Å². The summed E-state index contributed by atoms with van der Waals surface area (Å²) in [5, 5.41) is 18.5. The highest BCUT2D eigenvalue weighted by atomic mass is 16.2. The zero-order chi connectivity index (χ0) is 78.6. The topological polar surface area (TPSA) is 175 Å². The van der Waals surface area contributed by atoms with Crippen LogP contribution < -0.4 is 31.9 Å². The highest BCUT2D eigenvalue weighted by Crippen LogP contribution is 2.43. The van der Waals surface area contributed by atoms with Crippen molar-refractivity contribution < 1.29 is 28.8 Å². The zero-order valence-electron chi connectivity index (χ0n) is 72.1. The van der Waals surface area contributed by atoms with Crippen molar-refractivity contribution in [3.05, 3.63) is 60.8 Å². The average molecular weight is 1400 g/mol. The van der Waals surface area contributed by atoms with E-state index in [1.165, 1.54) is 44.9 Å². The van der Waals surface area contributed by atoms with Gasteiger partial charge in [-0.1, -0.05) is 176 Å². The van der Waals surface area contributed by atoms with Crippen molar-refractivity contribution in [2.75, 3.05) is 0 Å². The molecule has 8 atom stereocenters. The van der Waals surface area contributed by atoms with Gasteiger partial charge in [-0.25, -0.2) is 0 Å². The maximum Gasteiger partial charge on any atom is 0.224 e. The lowest BCUT2D eigenvalue weighted by Crippen LogP contribution is -2.46. The molecule has 3 fully saturated rings. The zero-order valence-corrected chi connectivity index (χ0v) is 72.1. The summed E-state index contributed by atoms with van der Waals surface area (Å²) >= 11 is 0. The minimum absolute atomic E-state index is 0.00512. The summed E-state index contributed by atoms with van der Waals surface area (Å²) in [5.74, 6) is 5.54. The average Bonchev–Trinajstić information content (AvgIpc) is 1.52. The van der Waals surface area contributed by atoms with Crippen LogP contribution in [-0.2, 0) is 28.8 Å². The molecule has 3 aliphatic rings. The number of allylic oxidation sites excluding steroid dienone is 10. The lowest BCUT2D eigenvalue weighted by Gasteiger charge is -2.32. The number of carbonyl (C=O) groups is 6. The molecule has 0 saturated heterocycles. The van der Waals surface area contributed by atoms with Crippen LogP contribution in [-0.4, -0.2) is 68.7 Å². The van der Waals surface area contributed by atoms with Gasteiger partial charge in [-0.15, -0.1) is 0 Å². The van der Waals surface area contributed by atoms with Gasteiger partial charge in [-0.3, -0.25) is 28.8 Å². The fourth-order valence-electron chi connectivity index (χ4n) is 11.6. The third kappa shape index (κ3) is 58.0. The van der Waals surface area contributed by atoms with Gasteiger partial charge in [0.1, 0.15) is 0 Å². The molecule has 3 saturated carbocycles. The molecule has 8 unspecified atom stereocenters. The molecule has 3 aliphatic carbocycles. The summed E-state index contributed by atoms with van der Waals surface area (Å²) in [4.78, 5) is 73.1. The second kappa shape index (κ2) is 46.4. The van der Waals surface area contributed by atoms with Crippen LogP contribution >= 0.6 is 0 Å². The van der Waals surface area contributed by atoms with Crippen molar-refractivity contribution in [1.29, 1.82) is 0 Å². The molecule has 3 rings (SSSR count). The third-order valence-electron chi connectivity index (χ3n) is 17.2. The van der Waals surface area contributed by atoms with Crippen LogP contribution in [0.25, 0.3) is 0 Å². The Kier molecular flexibility index (Phi) is 46.2. The van der Waals surface area contributed by atoms with Crippen LogP contribution in [0.3, 0.4) is 0 Å². The molecule has 584 valence electrons. The van der Waals surface area contributed by atoms with E-state index in [1.807, 2.05) is 169 Å². The number of rotatable bonds is 26. The molecule has 0 aromatic carbocycles. The highest BCUT2D eigenvalue weighted by Gasteiger charge is 2.38. The quantitative estimate of drug-likeness (QED) is 0.0470. The molecule has 100 heavy (non-hydrogen) atoms. The first kappa shape index (κ1) is 99.7. The Labute approximate surface area is 619 Å². The lowest BCUT2D eigenvalue weighted by molar-refractivity contribution is -0.130. The van der Waals surface area contributed by atoms with E-state index in [0.717, 1.165) is 87.9 Å². The number of hydrogen-bond donors (Lipinski definition) is 6. The van der Waals surface area contributed by atoms with E-state index in [-0.39, 0.29) is 120 Å². The second-order valence-electron chi connectivity index (χ2n) is 39.8. The van der Waals surface area contributed by atoms with Gasteiger partial charge < -0.3 is 31.9 Å². The van der Waals surface area contributed by atoms with Crippen molar-refractivity contribution in [1.82, 2.24) is 31.9 Å². The molecule has 6 amide bonds. The summed E-state index contributed by atoms with van der Waals surface area (Å²) in [5.41, 5.74) is -0.405. The molecule has 0 spiro atoms. The maximum absolute atomic E-state index is 12.4. The smallest absolute Gasteiger partial charge is 0.224 e. The molecule has 0 radical (unpaired) electrons. The molecular weight excluding hydrogens is 1240 g/mol. The number of amides is 6. The molecule has 0 bridgehead atoms. The van der Waals surface area contributed by atoms with Crippen LogP contribution in [0.15, 0.2) is 60.8 Å². The Bertz CT molecular complexity index is 2410. The van der Waals surface area contributed by atoms with Gasteiger partial charge in [0.05, 0.1) is 0 Å². The molecule has 12 nitrogen and oxygen atoms in total. The number of nitrogens with one attached hydrogen (secondary N) is 6. The van der Waals surface area contributed by atoms with Crippen LogP contribution in [0.1, 0.15) is 351 Å². The van der Waals surface area contributed by atoms with Gasteiger partial charge in [0.2, 0.25) is 35.4 Å². The summed E-state index contributed by atoms with van der Waals surface area (Å²) < 4.78 is 0. The van der Waals surface area contributed by atoms with E-state index in [0.29, 0.717) is 5.92 Å². The Morgan fingerprint density at radius 3 is 0.970 bits per heavy atom. The van der Waals surface area contributed by atoms with Crippen molar-refractivity contribution >= 4 is 35.4 Å². The molecule has 0 heterocycles. The maximum atomic E-state index is 12.4. The van der Waals surface area contributed by atoms with Crippen LogP contribution in [0.4, 0.5) is 0 Å². The Hall–Kier alpha value is -4.48. The molecule has 6 N–H and O–H groups in total. The second-order valence-corrected chi connectivity index (χ2v) is 39.8. The summed E-state index contributed by atoms with van der Waals surface area (Å²) in [7, 11) is 0. The molecular formula is C88H166N6O6. The van der Waals surface area contributed by atoms with Gasteiger partial charge in [-0.05, 0) is 282 Å². The van der Waals surface area contributed by atoms with E-state index in [4.69, 9.17) is 0 Å². The van der Waals surface area contributed by atoms with Crippen LogP contribution in [0.2, 0.25) is 0 Å². The summed E-state index contributed by atoms with van der Waals surface area (Å²) in [6, 6.07) is 0.